The molecule has 0 spiro atoms. The summed E-state index contributed by atoms with van der Waals surface area (Å²) in [6, 6.07) is 6.77. The van der Waals surface area contributed by atoms with Crippen molar-refractivity contribution in [1.82, 2.24) is 0 Å². The molecular formula is C22H24O11. The molecule has 0 amide bonds. The summed E-state index contributed by atoms with van der Waals surface area (Å²) in [7, 11) is 1.40. The van der Waals surface area contributed by atoms with Gasteiger partial charge in [-0.05, 0) is 35.9 Å². The highest BCUT2D eigenvalue weighted by Gasteiger charge is 2.45. The molecule has 7 N–H and O–H groups in total. The van der Waals surface area contributed by atoms with Gasteiger partial charge >= 0.3 is 0 Å². The van der Waals surface area contributed by atoms with Crippen LogP contribution >= 0.6 is 0 Å². The van der Waals surface area contributed by atoms with Crippen molar-refractivity contribution in [2.45, 2.75) is 30.7 Å². The first-order chi connectivity index (χ1) is 15.7. The van der Waals surface area contributed by atoms with E-state index in [9.17, 15) is 40.5 Å². The molecule has 1 heterocycles. The molecule has 33 heavy (non-hydrogen) atoms. The maximum atomic E-state index is 12.5. The predicted molar refractivity (Wildman–Crippen MR) is 112 cm³/mol. The highest BCUT2D eigenvalue weighted by Crippen LogP contribution is 2.40. The van der Waals surface area contributed by atoms with Gasteiger partial charge in [-0.25, -0.2) is 0 Å². The monoisotopic (exact) mass is 464 g/mol. The van der Waals surface area contributed by atoms with Gasteiger partial charge in [0.05, 0.1) is 19.3 Å². The molecule has 0 saturated carbocycles. The van der Waals surface area contributed by atoms with Gasteiger partial charge in [-0.2, -0.15) is 0 Å². The third-order valence-corrected chi connectivity index (χ3v) is 5.10. The van der Waals surface area contributed by atoms with Gasteiger partial charge in [0, 0.05) is 0 Å². The number of hydrogen-bond acceptors (Lipinski definition) is 11. The SMILES string of the molecule is COc1ccc(/C=C/C(=O)c2ccc(OC3OC(CO)C(O)C(O)C3O)c(O)c2O)cc1O. The first-order valence-electron chi connectivity index (χ1n) is 9.79. The zero-order valence-corrected chi connectivity index (χ0v) is 17.4. The summed E-state index contributed by atoms with van der Waals surface area (Å²) in [5.41, 5.74) is 0.218. The van der Waals surface area contributed by atoms with Crippen LogP contribution in [-0.2, 0) is 4.74 Å². The van der Waals surface area contributed by atoms with Crippen LogP contribution in [0.3, 0.4) is 0 Å². The quantitative estimate of drug-likeness (QED) is 0.165. The summed E-state index contributed by atoms with van der Waals surface area (Å²) in [5, 5.41) is 69.2. The van der Waals surface area contributed by atoms with E-state index in [-0.39, 0.29) is 22.8 Å². The van der Waals surface area contributed by atoms with Gasteiger partial charge in [0.25, 0.3) is 0 Å². The predicted octanol–water partition coefficient (Wildman–Crippen LogP) is -0.113. The Morgan fingerprint density at radius 2 is 1.70 bits per heavy atom. The molecule has 0 radical (unpaired) electrons. The van der Waals surface area contributed by atoms with Crippen LogP contribution in [0, 0.1) is 0 Å². The first-order valence-corrected chi connectivity index (χ1v) is 9.79. The largest absolute Gasteiger partial charge is 0.504 e. The number of aliphatic hydroxyl groups is 4. The van der Waals surface area contributed by atoms with E-state index in [0.717, 1.165) is 18.2 Å². The van der Waals surface area contributed by atoms with E-state index in [2.05, 4.69) is 0 Å². The Morgan fingerprint density at radius 1 is 1.00 bits per heavy atom. The summed E-state index contributed by atoms with van der Waals surface area (Å²) in [5.74, 6) is -2.54. The van der Waals surface area contributed by atoms with Crippen molar-refractivity contribution in [3.8, 4) is 28.7 Å². The van der Waals surface area contributed by atoms with Crippen molar-refractivity contribution in [2.24, 2.45) is 0 Å². The first kappa shape index (κ1) is 24.3. The van der Waals surface area contributed by atoms with Crippen LogP contribution in [0.25, 0.3) is 6.08 Å². The third-order valence-electron chi connectivity index (χ3n) is 5.10. The van der Waals surface area contributed by atoms with E-state index < -0.39 is 54.6 Å². The standard InChI is InChI=1S/C22H24O11/c1-31-14-6-3-10(8-13(14)25)2-5-12(24)11-4-7-15(18(27)17(11)26)32-22-21(30)20(29)19(28)16(9-23)33-22/h2-8,16,19-23,25-30H,9H2,1H3/b5-2+. The molecule has 5 atom stereocenters. The summed E-state index contributed by atoms with van der Waals surface area (Å²) in [4.78, 5) is 12.5. The Morgan fingerprint density at radius 3 is 2.33 bits per heavy atom. The van der Waals surface area contributed by atoms with E-state index in [4.69, 9.17) is 14.2 Å². The number of carbonyl (C=O) groups is 1. The number of allylic oxidation sites excluding steroid dienone is 1. The number of phenolic OH excluding ortho intramolecular Hbond substituents is 3. The number of phenols is 3. The topological polar surface area (TPSA) is 186 Å². The maximum absolute atomic E-state index is 12.5. The van der Waals surface area contributed by atoms with Crippen molar-refractivity contribution < 1.29 is 54.8 Å². The molecule has 3 rings (SSSR count). The van der Waals surface area contributed by atoms with Crippen molar-refractivity contribution in [3.63, 3.8) is 0 Å². The number of aliphatic hydroxyl groups excluding tert-OH is 4. The third kappa shape index (κ3) is 5.02. The van der Waals surface area contributed by atoms with Crippen molar-refractivity contribution >= 4 is 11.9 Å². The lowest BCUT2D eigenvalue weighted by Gasteiger charge is -2.39. The summed E-state index contributed by atoms with van der Waals surface area (Å²) >= 11 is 0. The minimum atomic E-state index is -1.73. The van der Waals surface area contributed by atoms with Gasteiger partial charge in [-0.1, -0.05) is 12.1 Å². The second-order valence-electron chi connectivity index (χ2n) is 7.25. The average Bonchev–Trinajstić information content (AvgIpc) is 2.80. The number of hydrogen-bond donors (Lipinski definition) is 7. The zero-order chi connectivity index (χ0) is 24.3. The van der Waals surface area contributed by atoms with Crippen LogP contribution in [0.1, 0.15) is 15.9 Å². The van der Waals surface area contributed by atoms with E-state index in [1.54, 1.807) is 6.07 Å². The lowest BCUT2D eigenvalue weighted by Crippen LogP contribution is -2.60. The van der Waals surface area contributed by atoms with Gasteiger partial charge in [0.2, 0.25) is 12.0 Å². The molecule has 0 bridgehead atoms. The summed E-state index contributed by atoms with van der Waals surface area (Å²) < 4.78 is 15.4. The van der Waals surface area contributed by atoms with E-state index in [1.165, 1.54) is 25.3 Å². The number of carbonyl (C=O) groups excluding carboxylic acids is 1. The molecule has 1 fully saturated rings. The highest BCUT2D eigenvalue weighted by molar-refractivity contribution is 6.09. The molecule has 1 aliphatic rings. The molecule has 1 aliphatic heterocycles. The normalized spacial score (nSPS) is 25.2. The van der Waals surface area contributed by atoms with Crippen molar-refractivity contribution in [2.75, 3.05) is 13.7 Å². The van der Waals surface area contributed by atoms with Crippen LogP contribution in [0.4, 0.5) is 0 Å². The molecular weight excluding hydrogens is 440 g/mol. The van der Waals surface area contributed by atoms with Gasteiger partial charge in [0.15, 0.2) is 28.8 Å². The number of benzene rings is 2. The molecule has 1 saturated heterocycles. The van der Waals surface area contributed by atoms with Crippen LogP contribution in [-0.4, -0.2) is 86.0 Å². The molecule has 5 unspecified atom stereocenters. The fraction of sp³-hybridized carbons (Fsp3) is 0.318. The Labute approximate surface area is 188 Å². The van der Waals surface area contributed by atoms with Gasteiger partial charge in [-0.15, -0.1) is 0 Å². The Bertz CT molecular complexity index is 1030. The highest BCUT2D eigenvalue weighted by atomic mass is 16.7. The van der Waals surface area contributed by atoms with E-state index in [1.807, 2.05) is 0 Å². The molecule has 2 aromatic carbocycles. The van der Waals surface area contributed by atoms with Crippen LogP contribution < -0.4 is 9.47 Å². The lowest BCUT2D eigenvalue weighted by atomic mass is 9.99. The van der Waals surface area contributed by atoms with E-state index >= 15 is 0 Å². The second-order valence-corrected chi connectivity index (χ2v) is 7.25. The van der Waals surface area contributed by atoms with Gasteiger partial charge in [0.1, 0.15) is 24.4 Å². The molecule has 2 aromatic rings. The number of ether oxygens (including phenoxy) is 3. The summed E-state index contributed by atoms with van der Waals surface area (Å²) in [6.45, 7) is -0.673. The Kier molecular flexibility index (Phi) is 7.41. The average molecular weight is 464 g/mol. The number of aromatic hydroxyl groups is 3. The van der Waals surface area contributed by atoms with E-state index in [0.29, 0.717) is 5.56 Å². The fourth-order valence-corrected chi connectivity index (χ4v) is 3.22. The number of methoxy groups -OCH3 is 1. The van der Waals surface area contributed by atoms with Crippen molar-refractivity contribution in [3.05, 3.63) is 47.5 Å². The van der Waals surface area contributed by atoms with Crippen LogP contribution in [0.2, 0.25) is 0 Å². The smallest absolute Gasteiger partial charge is 0.229 e. The summed E-state index contributed by atoms with van der Waals surface area (Å²) in [6.07, 6.45) is -5.33. The minimum absolute atomic E-state index is 0.123. The Hall–Kier alpha value is -3.35. The molecule has 0 aromatic heterocycles. The number of ketones is 1. The van der Waals surface area contributed by atoms with Crippen LogP contribution in [0.5, 0.6) is 28.7 Å². The zero-order valence-electron chi connectivity index (χ0n) is 17.4. The van der Waals surface area contributed by atoms with Crippen molar-refractivity contribution in [1.29, 1.82) is 0 Å². The lowest BCUT2D eigenvalue weighted by molar-refractivity contribution is -0.277. The fourth-order valence-electron chi connectivity index (χ4n) is 3.22. The molecule has 11 nitrogen and oxygen atoms in total. The Balaban J connectivity index is 1.77. The molecule has 178 valence electrons. The molecule has 0 aliphatic carbocycles. The molecule has 11 heteroatoms. The van der Waals surface area contributed by atoms with Gasteiger partial charge in [-0.3, -0.25) is 4.79 Å². The number of rotatable bonds is 7. The minimum Gasteiger partial charge on any atom is -0.504 e. The van der Waals surface area contributed by atoms with Gasteiger partial charge < -0.3 is 50.0 Å². The maximum Gasteiger partial charge on any atom is 0.229 e. The second kappa shape index (κ2) is 10.1. The van der Waals surface area contributed by atoms with Crippen LogP contribution in [0.15, 0.2) is 36.4 Å².